The van der Waals surface area contributed by atoms with Crippen LogP contribution in [0.5, 0.6) is 0 Å². The van der Waals surface area contributed by atoms with E-state index in [1.807, 2.05) is 7.05 Å². The summed E-state index contributed by atoms with van der Waals surface area (Å²) in [7, 11) is -1.49. The zero-order chi connectivity index (χ0) is 12.8. The molecule has 1 N–H and O–H groups in total. The summed E-state index contributed by atoms with van der Waals surface area (Å²) in [6.07, 6.45) is 3.40. The number of carbonyl (C=O) groups excluding carboxylic acids is 1. The van der Waals surface area contributed by atoms with E-state index in [4.69, 9.17) is 0 Å². The molecule has 1 saturated heterocycles. The van der Waals surface area contributed by atoms with Gasteiger partial charge < -0.3 is 5.32 Å². The molecule has 2 aliphatic rings. The molecule has 6 heteroatoms. The van der Waals surface area contributed by atoms with E-state index < -0.39 is 14.8 Å². The molecule has 2 fully saturated rings. The van der Waals surface area contributed by atoms with E-state index in [0.717, 1.165) is 30.0 Å². The maximum absolute atomic E-state index is 12.0. The number of hydrogen-bond donors (Lipinski definition) is 1. The van der Waals surface area contributed by atoms with Gasteiger partial charge >= 0.3 is 0 Å². The molecule has 98 valence electrons. The molecule has 0 aromatic heterocycles. The minimum atomic E-state index is -3.41. The molecule has 5 nitrogen and oxygen atoms in total. The van der Waals surface area contributed by atoms with Gasteiger partial charge in [0.15, 0.2) is 4.75 Å². The second kappa shape index (κ2) is 3.95. The summed E-state index contributed by atoms with van der Waals surface area (Å²) in [6.45, 7) is 2.97. The predicted octanol–water partition coefficient (Wildman–Crippen LogP) is 0.468. The highest BCUT2D eigenvalue weighted by molar-refractivity contribution is 7.94. The fourth-order valence-electron chi connectivity index (χ4n) is 2.65. The fraction of sp³-hybridized carbons (Fsp3) is 0.909. The van der Waals surface area contributed by atoms with Crippen molar-refractivity contribution in [3.63, 3.8) is 0 Å². The maximum atomic E-state index is 12.0. The van der Waals surface area contributed by atoms with Crippen LogP contribution in [0.4, 0.5) is 0 Å². The second-order valence-corrected chi connectivity index (χ2v) is 7.77. The second-order valence-electron chi connectivity index (χ2n) is 5.41. The van der Waals surface area contributed by atoms with E-state index in [9.17, 15) is 13.2 Å². The van der Waals surface area contributed by atoms with Gasteiger partial charge in [0.2, 0.25) is 0 Å². The van der Waals surface area contributed by atoms with Crippen molar-refractivity contribution in [2.75, 3.05) is 7.05 Å². The van der Waals surface area contributed by atoms with Gasteiger partial charge in [0.05, 0.1) is 0 Å². The van der Waals surface area contributed by atoms with Crippen molar-refractivity contribution in [2.24, 2.45) is 0 Å². The Morgan fingerprint density at radius 1 is 1.24 bits per heavy atom. The Morgan fingerprint density at radius 3 is 2.18 bits per heavy atom. The van der Waals surface area contributed by atoms with Crippen molar-refractivity contribution in [3.8, 4) is 0 Å². The highest BCUT2D eigenvalue weighted by atomic mass is 32.2. The van der Waals surface area contributed by atoms with Gasteiger partial charge in [-0.25, -0.2) is 12.7 Å². The van der Waals surface area contributed by atoms with Crippen LogP contribution in [0, 0.1) is 0 Å². The Balaban J connectivity index is 2.09. The monoisotopic (exact) mass is 260 g/mol. The Bertz CT molecular complexity index is 422. The van der Waals surface area contributed by atoms with Crippen LogP contribution in [0.25, 0.3) is 0 Å². The van der Waals surface area contributed by atoms with Gasteiger partial charge in [-0.2, -0.15) is 0 Å². The summed E-state index contributed by atoms with van der Waals surface area (Å²) in [5.41, 5.74) is 0. The normalized spacial score (nSPS) is 35.5. The smallest absolute Gasteiger partial charge is 0.259 e. The first-order chi connectivity index (χ1) is 7.82. The van der Waals surface area contributed by atoms with E-state index in [0.29, 0.717) is 6.04 Å². The topological polar surface area (TPSA) is 66.5 Å². The molecular weight excluding hydrogens is 240 g/mol. The Labute approximate surface area is 103 Å². The standard InChI is InChI=1S/C11H20N2O3S/c1-11(2)10(14)13(17(11,15)16)9-6-4-8(12-3)5-7-9/h8-9,12H,4-7H2,1-3H3. The van der Waals surface area contributed by atoms with Crippen LogP contribution in [0.2, 0.25) is 0 Å². The fourth-order valence-corrected chi connectivity index (χ4v) is 4.38. The molecule has 1 amide bonds. The predicted molar refractivity (Wildman–Crippen MR) is 64.9 cm³/mol. The molecule has 1 heterocycles. The molecule has 0 aromatic carbocycles. The molecule has 0 aromatic rings. The number of hydrogen-bond acceptors (Lipinski definition) is 4. The van der Waals surface area contributed by atoms with Crippen molar-refractivity contribution >= 4 is 15.9 Å². The molecule has 2 rings (SSSR count). The SMILES string of the molecule is CNC1CCC(N2C(=O)C(C)(C)S2(=O)=O)CC1. The van der Waals surface area contributed by atoms with Gasteiger partial charge in [0.1, 0.15) is 0 Å². The lowest BCUT2D eigenvalue weighted by molar-refractivity contribution is -0.134. The van der Waals surface area contributed by atoms with E-state index >= 15 is 0 Å². The van der Waals surface area contributed by atoms with Gasteiger partial charge in [-0.15, -0.1) is 0 Å². The Kier molecular flexibility index (Phi) is 2.98. The lowest BCUT2D eigenvalue weighted by Crippen LogP contribution is -2.70. The highest BCUT2D eigenvalue weighted by Gasteiger charge is 2.62. The average molecular weight is 260 g/mol. The van der Waals surface area contributed by atoms with E-state index in [1.165, 1.54) is 13.8 Å². The lowest BCUT2D eigenvalue weighted by atomic mass is 9.91. The summed E-state index contributed by atoms with van der Waals surface area (Å²) >= 11 is 0. The molecular formula is C11H20N2O3S. The third kappa shape index (κ3) is 1.69. The number of nitrogens with one attached hydrogen (secondary N) is 1. The van der Waals surface area contributed by atoms with Gasteiger partial charge in [0.25, 0.3) is 15.9 Å². The van der Waals surface area contributed by atoms with Gasteiger partial charge in [-0.05, 0) is 46.6 Å². The number of sulfonamides is 1. The molecule has 1 aliphatic heterocycles. The van der Waals surface area contributed by atoms with E-state index in [2.05, 4.69) is 5.32 Å². The zero-order valence-electron chi connectivity index (χ0n) is 10.6. The third-order valence-corrected chi connectivity index (χ3v) is 6.50. The van der Waals surface area contributed by atoms with Crippen molar-refractivity contribution in [1.82, 2.24) is 9.62 Å². The van der Waals surface area contributed by atoms with Crippen molar-refractivity contribution in [2.45, 2.75) is 56.4 Å². The molecule has 0 bridgehead atoms. The summed E-state index contributed by atoms with van der Waals surface area (Å²) < 4.78 is 24.0. The van der Waals surface area contributed by atoms with Gasteiger partial charge in [-0.1, -0.05) is 0 Å². The molecule has 1 aliphatic carbocycles. The molecule has 0 radical (unpaired) electrons. The third-order valence-electron chi connectivity index (χ3n) is 4.06. The van der Waals surface area contributed by atoms with Crippen LogP contribution >= 0.6 is 0 Å². The summed E-state index contributed by atoms with van der Waals surface area (Å²) in [5.74, 6) is -0.245. The van der Waals surface area contributed by atoms with Crippen molar-refractivity contribution < 1.29 is 13.2 Å². The van der Waals surface area contributed by atoms with Crippen LogP contribution in [0.15, 0.2) is 0 Å². The minimum Gasteiger partial charge on any atom is -0.317 e. The van der Waals surface area contributed by atoms with Gasteiger partial charge in [-0.3, -0.25) is 4.79 Å². The van der Waals surface area contributed by atoms with Gasteiger partial charge in [0, 0.05) is 12.1 Å². The first kappa shape index (κ1) is 12.8. The maximum Gasteiger partial charge on any atom is 0.259 e. The first-order valence-electron chi connectivity index (χ1n) is 6.08. The van der Waals surface area contributed by atoms with Crippen LogP contribution in [0.1, 0.15) is 39.5 Å². The number of carbonyl (C=O) groups is 1. The highest BCUT2D eigenvalue weighted by Crippen LogP contribution is 2.40. The number of nitrogens with zero attached hydrogens (tertiary/aromatic N) is 1. The van der Waals surface area contributed by atoms with Crippen LogP contribution < -0.4 is 5.32 Å². The molecule has 0 atom stereocenters. The summed E-state index contributed by atoms with van der Waals surface area (Å²) in [5, 5.41) is 3.19. The van der Waals surface area contributed by atoms with Crippen LogP contribution in [-0.2, 0) is 14.8 Å². The van der Waals surface area contributed by atoms with E-state index in [-0.39, 0.29) is 11.9 Å². The average Bonchev–Trinajstić information content (AvgIpc) is 2.29. The molecule has 17 heavy (non-hydrogen) atoms. The Morgan fingerprint density at radius 2 is 1.76 bits per heavy atom. The van der Waals surface area contributed by atoms with Crippen molar-refractivity contribution in [1.29, 1.82) is 0 Å². The Hall–Kier alpha value is -0.620. The lowest BCUT2D eigenvalue weighted by Gasteiger charge is -2.48. The summed E-state index contributed by atoms with van der Waals surface area (Å²) in [6, 6.07) is 0.337. The van der Waals surface area contributed by atoms with Crippen molar-refractivity contribution in [3.05, 3.63) is 0 Å². The summed E-state index contributed by atoms with van der Waals surface area (Å²) in [4.78, 5) is 11.9. The first-order valence-corrected chi connectivity index (χ1v) is 7.52. The van der Waals surface area contributed by atoms with Crippen LogP contribution in [-0.4, -0.2) is 42.5 Å². The zero-order valence-corrected chi connectivity index (χ0v) is 11.4. The number of rotatable bonds is 2. The van der Waals surface area contributed by atoms with E-state index in [1.54, 1.807) is 0 Å². The molecule has 0 unspecified atom stereocenters. The molecule has 1 saturated carbocycles. The molecule has 0 spiro atoms. The quantitative estimate of drug-likeness (QED) is 0.783. The minimum absolute atomic E-state index is 0.120. The largest absolute Gasteiger partial charge is 0.317 e. The van der Waals surface area contributed by atoms with Crippen LogP contribution in [0.3, 0.4) is 0 Å². The number of amides is 1.